The highest BCUT2D eigenvalue weighted by atomic mass is 16.6. The van der Waals surface area contributed by atoms with E-state index in [0.29, 0.717) is 52.4 Å². The van der Waals surface area contributed by atoms with E-state index in [1.165, 1.54) is 5.56 Å². The number of nitrogens with zero attached hydrogens (tertiary/aromatic N) is 2. The van der Waals surface area contributed by atoms with E-state index in [-0.39, 0.29) is 30.3 Å². The summed E-state index contributed by atoms with van der Waals surface area (Å²) in [5.41, 5.74) is 9.37. The third-order valence-corrected chi connectivity index (χ3v) is 8.38. The highest BCUT2D eigenvalue weighted by molar-refractivity contribution is 5.90. The molecule has 40 heavy (non-hydrogen) atoms. The number of nitriles is 1. The van der Waals surface area contributed by atoms with Crippen molar-refractivity contribution < 1.29 is 19.0 Å². The molecule has 3 saturated heterocycles. The fourth-order valence-corrected chi connectivity index (χ4v) is 5.87. The zero-order chi connectivity index (χ0) is 27.5. The molecule has 1 aromatic carbocycles. The lowest BCUT2D eigenvalue weighted by atomic mass is 9.83. The largest absolute Gasteiger partial charge is 0.388 e. The van der Waals surface area contributed by atoms with Crippen molar-refractivity contribution in [3.63, 3.8) is 0 Å². The van der Waals surface area contributed by atoms with Gasteiger partial charge in [0.25, 0.3) is 0 Å². The second kappa shape index (κ2) is 11.6. The minimum atomic E-state index is -0.833. The van der Waals surface area contributed by atoms with Gasteiger partial charge in [0.15, 0.2) is 6.23 Å². The van der Waals surface area contributed by atoms with Gasteiger partial charge in [-0.05, 0) is 48.0 Å². The lowest BCUT2D eigenvalue weighted by molar-refractivity contribution is -0.132. The Morgan fingerprint density at radius 1 is 1.32 bits per heavy atom. The molecule has 4 unspecified atom stereocenters. The van der Waals surface area contributed by atoms with Crippen molar-refractivity contribution >= 4 is 11.5 Å². The molecule has 10 nitrogen and oxygen atoms in total. The third kappa shape index (κ3) is 5.74. The quantitative estimate of drug-likeness (QED) is 0.303. The number of hydrogen-bond acceptors (Lipinski definition) is 9. The number of allylic oxidation sites excluding steroid dienone is 1. The van der Waals surface area contributed by atoms with E-state index in [2.05, 4.69) is 46.3 Å². The lowest BCUT2D eigenvalue weighted by Crippen LogP contribution is -2.38. The van der Waals surface area contributed by atoms with E-state index >= 15 is 0 Å². The van der Waals surface area contributed by atoms with Crippen LogP contribution in [0.25, 0.3) is 5.57 Å². The summed E-state index contributed by atoms with van der Waals surface area (Å²) in [6.07, 6.45) is 9.27. The number of ether oxygens (including phenoxy) is 3. The molecule has 1 aromatic rings. The summed E-state index contributed by atoms with van der Waals surface area (Å²) in [7, 11) is 0. The molecule has 0 radical (unpaired) electrons. The molecule has 1 amide bonds. The summed E-state index contributed by atoms with van der Waals surface area (Å²) in [6.45, 7) is 4.20. The first-order valence-electron chi connectivity index (χ1n) is 14.3. The van der Waals surface area contributed by atoms with E-state index in [1.54, 1.807) is 4.90 Å². The molecule has 1 saturated carbocycles. The zero-order valence-electron chi connectivity index (χ0n) is 22.7. The van der Waals surface area contributed by atoms with Crippen LogP contribution >= 0.6 is 0 Å². The Morgan fingerprint density at radius 2 is 2.23 bits per heavy atom. The maximum absolute atomic E-state index is 13.2. The van der Waals surface area contributed by atoms with Crippen LogP contribution in [0.15, 0.2) is 54.1 Å². The van der Waals surface area contributed by atoms with Gasteiger partial charge in [-0.1, -0.05) is 24.3 Å². The van der Waals surface area contributed by atoms with Gasteiger partial charge in [0.05, 0.1) is 32.0 Å². The standard InChI is InChI=1S/C30H38N6O4/c31-15-22(16-33-17-25-18-38-10-11-39-25)21-3-1-2-20(12-21)13-26-28(40-26)35-27-14-24(6-8-34-27)36-9-7-30(19-32,29(36)37)23-4-5-23/h1-3,6,12,14,16,23,25-26,28,33-35H,4-5,7-11,13,15,17-18,31H2/b22-16+. The van der Waals surface area contributed by atoms with Gasteiger partial charge < -0.3 is 40.8 Å². The third-order valence-electron chi connectivity index (χ3n) is 8.38. The fraction of sp³-hybridized carbons (Fsp3) is 0.533. The molecule has 4 aliphatic heterocycles. The van der Waals surface area contributed by atoms with Crippen LogP contribution in [0.5, 0.6) is 0 Å². The predicted molar refractivity (Wildman–Crippen MR) is 149 cm³/mol. The van der Waals surface area contributed by atoms with Crippen LogP contribution in [0.2, 0.25) is 0 Å². The SMILES string of the molecule is N#CC1(C2CC2)CCN(C2=CCNC(NC3OC3Cc3cccc(/C(=C/NCC4COCCO4)CN)c3)=C2)C1=O. The topological polar surface area (TPSA) is 137 Å². The first kappa shape index (κ1) is 26.8. The van der Waals surface area contributed by atoms with Gasteiger partial charge in [-0.25, -0.2) is 0 Å². The first-order chi connectivity index (χ1) is 19.6. The van der Waals surface area contributed by atoms with Gasteiger partial charge in [0.1, 0.15) is 17.3 Å². The minimum Gasteiger partial charge on any atom is -0.388 e. The zero-order valence-corrected chi connectivity index (χ0v) is 22.7. The van der Waals surface area contributed by atoms with Crippen molar-refractivity contribution in [3.05, 3.63) is 65.3 Å². The second-order valence-electron chi connectivity index (χ2n) is 11.1. The number of nitrogens with two attached hydrogens (primary N) is 1. The van der Waals surface area contributed by atoms with Crippen LogP contribution in [0.1, 0.15) is 30.4 Å². The van der Waals surface area contributed by atoms with E-state index in [9.17, 15) is 10.1 Å². The molecule has 0 aromatic heterocycles. The molecule has 0 spiro atoms. The fourth-order valence-electron chi connectivity index (χ4n) is 5.87. The number of dihydropyridines is 1. The number of carbonyl (C=O) groups is 1. The van der Waals surface area contributed by atoms with Crippen molar-refractivity contribution in [1.29, 1.82) is 5.26 Å². The van der Waals surface area contributed by atoms with Gasteiger partial charge in [-0.2, -0.15) is 5.26 Å². The number of nitrogens with one attached hydrogen (secondary N) is 3. The van der Waals surface area contributed by atoms with Crippen molar-refractivity contribution in [2.24, 2.45) is 17.1 Å². The van der Waals surface area contributed by atoms with E-state index in [1.807, 2.05) is 18.4 Å². The molecular weight excluding hydrogens is 508 g/mol. The van der Waals surface area contributed by atoms with Crippen molar-refractivity contribution in [2.45, 2.75) is 44.1 Å². The van der Waals surface area contributed by atoms with Gasteiger partial charge in [0.2, 0.25) is 5.91 Å². The maximum Gasteiger partial charge on any atom is 0.247 e. The Bertz CT molecular complexity index is 1240. The van der Waals surface area contributed by atoms with Crippen LogP contribution in [-0.4, -0.2) is 75.2 Å². The summed E-state index contributed by atoms with van der Waals surface area (Å²) in [4.78, 5) is 15.0. The summed E-state index contributed by atoms with van der Waals surface area (Å²) in [5, 5.41) is 19.9. The normalized spacial score (nSPS) is 30.2. The maximum atomic E-state index is 13.2. The van der Waals surface area contributed by atoms with Gasteiger partial charge in [-0.15, -0.1) is 0 Å². The molecule has 10 heteroatoms. The highest BCUT2D eigenvalue weighted by Crippen LogP contribution is 2.52. The number of rotatable bonds is 11. The molecule has 6 rings (SSSR count). The molecule has 5 N–H and O–H groups in total. The number of benzene rings is 1. The van der Waals surface area contributed by atoms with Crippen LogP contribution in [0.3, 0.4) is 0 Å². The number of carbonyl (C=O) groups excluding carboxylic acids is 1. The van der Waals surface area contributed by atoms with Crippen LogP contribution in [0.4, 0.5) is 0 Å². The Kier molecular flexibility index (Phi) is 7.80. The minimum absolute atomic E-state index is 0.0425. The smallest absolute Gasteiger partial charge is 0.247 e. The Labute approximate surface area is 235 Å². The Morgan fingerprint density at radius 3 is 3.00 bits per heavy atom. The number of amides is 1. The van der Waals surface area contributed by atoms with Gasteiger partial charge in [-0.3, -0.25) is 4.79 Å². The highest BCUT2D eigenvalue weighted by Gasteiger charge is 2.57. The molecule has 0 bridgehead atoms. The molecule has 4 atom stereocenters. The van der Waals surface area contributed by atoms with E-state index in [0.717, 1.165) is 41.9 Å². The molecule has 5 aliphatic rings. The van der Waals surface area contributed by atoms with Crippen molar-refractivity contribution in [3.8, 4) is 6.07 Å². The summed E-state index contributed by atoms with van der Waals surface area (Å²) in [5.74, 6) is 1.01. The second-order valence-corrected chi connectivity index (χ2v) is 11.1. The van der Waals surface area contributed by atoms with Crippen LogP contribution < -0.4 is 21.7 Å². The van der Waals surface area contributed by atoms with E-state index < -0.39 is 5.41 Å². The molecule has 1 aliphatic carbocycles. The summed E-state index contributed by atoms with van der Waals surface area (Å²) >= 11 is 0. The van der Waals surface area contributed by atoms with Crippen LogP contribution in [-0.2, 0) is 25.4 Å². The van der Waals surface area contributed by atoms with Gasteiger partial charge >= 0.3 is 0 Å². The molecular formula is C30H38N6O4. The van der Waals surface area contributed by atoms with Crippen molar-refractivity contribution in [1.82, 2.24) is 20.9 Å². The van der Waals surface area contributed by atoms with Crippen molar-refractivity contribution in [2.75, 3.05) is 46.0 Å². The first-order valence-corrected chi connectivity index (χ1v) is 14.3. The molecule has 4 fully saturated rings. The average molecular weight is 547 g/mol. The average Bonchev–Trinajstić information content (AvgIpc) is 3.92. The summed E-state index contributed by atoms with van der Waals surface area (Å²) < 4.78 is 17.1. The molecule has 4 heterocycles. The number of epoxide rings is 1. The lowest BCUT2D eigenvalue weighted by Gasteiger charge is -2.25. The monoisotopic (exact) mass is 546 g/mol. The predicted octanol–water partition coefficient (Wildman–Crippen LogP) is 1.33. The van der Waals surface area contributed by atoms with E-state index in [4.69, 9.17) is 19.9 Å². The summed E-state index contributed by atoms with van der Waals surface area (Å²) in [6, 6.07) is 10.8. The van der Waals surface area contributed by atoms with Crippen LogP contribution in [0, 0.1) is 22.7 Å². The molecule has 212 valence electrons. The number of likely N-dealkylation sites (tertiary alicyclic amines) is 1. The Balaban J connectivity index is 1.02. The van der Waals surface area contributed by atoms with Gasteiger partial charge in [0, 0.05) is 50.6 Å². The Hall–Kier alpha value is -3.36. The number of hydrogen-bond donors (Lipinski definition) is 4.